The van der Waals surface area contributed by atoms with Crippen molar-refractivity contribution in [2.45, 2.75) is 18.9 Å². The zero-order chi connectivity index (χ0) is 29.2. The molecule has 0 aliphatic carbocycles. The number of aromatic nitrogens is 4. The molecule has 0 radical (unpaired) electrons. The highest BCUT2D eigenvalue weighted by Gasteiger charge is 2.19. The molecule has 1 amide bonds. The van der Waals surface area contributed by atoms with Gasteiger partial charge in [0.2, 0.25) is 5.95 Å². The predicted octanol–water partition coefficient (Wildman–Crippen LogP) is 6.48. The number of imidazole rings is 1. The highest BCUT2D eigenvalue weighted by molar-refractivity contribution is 7.12. The van der Waals surface area contributed by atoms with E-state index in [9.17, 15) is 9.90 Å². The molecule has 0 unspecified atom stereocenters. The molecule has 3 N–H and O–H groups in total. The van der Waals surface area contributed by atoms with Crippen LogP contribution < -0.4 is 15.5 Å². The Kier molecular flexibility index (Phi) is 7.28. The Morgan fingerprint density at radius 3 is 2.58 bits per heavy atom. The topological polar surface area (TPSA) is 108 Å². The molecule has 2 aromatic carbocycles. The average molecular weight is 588 g/mol. The number of piperidine rings is 1. The number of fused-ring (bicyclic) bond motifs is 1. The molecule has 0 atom stereocenters. The second kappa shape index (κ2) is 11.7. The number of hydrogen-bond donors (Lipinski definition) is 3. The van der Waals surface area contributed by atoms with Crippen LogP contribution in [-0.2, 0) is 0 Å². The first-order valence-electron chi connectivity index (χ1n) is 14.2. The molecule has 1 aliphatic rings. The first kappa shape index (κ1) is 26.8. The van der Waals surface area contributed by atoms with Gasteiger partial charge in [0.25, 0.3) is 5.91 Å². The summed E-state index contributed by atoms with van der Waals surface area (Å²) in [5.74, 6) is 0.330. The van der Waals surface area contributed by atoms with E-state index in [0.717, 1.165) is 59.9 Å². The van der Waals surface area contributed by atoms with Gasteiger partial charge in [-0.25, -0.2) is 15.0 Å². The van der Waals surface area contributed by atoms with Gasteiger partial charge in [-0.1, -0.05) is 24.3 Å². The van der Waals surface area contributed by atoms with Gasteiger partial charge in [-0.15, -0.1) is 11.3 Å². The SMILES string of the molecule is O=C(Nc1cccc(-c2nc3ccccn3c2-c2ccnc(Nc3ccc(N4CCC(O)CC4)cc3)n2)c1)c1cccs1. The van der Waals surface area contributed by atoms with Crippen molar-refractivity contribution in [3.8, 4) is 22.6 Å². The van der Waals surface area contributed by atoms with E-state index in [4.69, 9.17) is 9.97 Å². The molecular weight excluding hydrogens is 558 g/mol. The second-order valence-electron chi connectivity index (χ2n) is 10.4. The van der Waals surface area contributed by atoms with E-state index in [1.54, 1.807) is 12.3 Å². The Morgan fingerprint density at radius 2 is 1.77 bits per heavy atom. The number of amides is 1. The minimum absolute atomic E-state index is 0.142. The number of benzene rings is 2. The minimum atomic E-state index is -0.198. The Morgan fingerprint density at radius 1 is 0.907 bits per heavy atom. The molecule has 0 spiro atoms. The fourth-order valence-corrected chi connectivity index (χ4v) is 5.97. The molecule has 0 saturated carbocycles. The van der Waals surface area contributed by atoms with Gasteiger partial charge in [-0.3, -0.25) is 9.20 Å². The van der Waals surface area contributed by atoms with Gasteiger partial charge < -0.3 is 20.6 Å². The smallest absolute Gasteiger partial charge is 0.265 e. The summed E-state index contributed by atoms with van der Waals surface area (Å²) in [6, 6.07) is 27.3. The first-order chi connectivity index (χ1) is 21.1. The number of aliphatic hydroxyl groups excluding tert-OH is 1. The summed E-state index contributed by atoms with van der Waals surface area (Å²) < 4.78 is 2.02. The quantitative estimate of drug-likeness (QED) is 0.196. The lowest BCUT2D eigenvalue weighted by atomic mass is 10.1. The van der Waals surface area contributed by atoms with Crippen LogP contribution in [0.2, 0.25) is 0 Å². The maximum atomic E-state index is 12.7. The Balaban J connectivity index is 1.18. The fourth-order valence-electron chi connectivity index (χ4n) is 5.35. The normalized spacial score (nSPS) is 13.7. The Hall–Kier alpha value is -5.06. The zero-order valence-electron chi connectivity index (χ0n) is 23.2. The van der Waals surface area contributed by atoms with Crippen molar-refractivity contribution < 1.29 is 9.90 Å². The number of nitrogens with zero attached hydrogens (tertiary/aromatic N) is 5. The van der Waals surface area contributed by atoms with Crippen molar-refractivity contribution in [1.82, 2.24) is 19.4 Å². The lowest BCUT2D eigenvalue weighted by Crippen LogP contribution is -2.35. The molecule has 1 fully saturated rings. The summed E-state index contributed by atoms with van der Waals surface area (Å²) in [6.07, 6.45) is 5.09. The minimum Gasteiger partial charge on any atom is -0.393 e. The number of anilines is 4. The van der Waals surface area contributed by atoms with Gasteiger partial charge in [-0.2, -0.15) is 0 Å². The van der Waals surface area contributed by atoms with Crippen molar-refractivity contribution >= 4 is 45.9 Å². The fraction of sp³-hybridized carbons (Fsp3) is 0.152. The van der Waals surface area contributed by atoms with Crippen LogP contribution in [0.25, 0.3) is 28.3 Å². The number of hydrogen-bond acceptors (Lipinski definition) is 8. The summed E-state index contributed by atoms with van der Waals surface area (Å²) in [6.45, 7) is 1.70. The summed E-state index contributed by atoms with van der Waals surface area (Å²) in [5, 5.41) is 18.0. The maximum Gasteiger partial charge on any atom is 0.265 e. The van der Waals surface area contributed by atoms with Gasteiger partial charge in [0.1, 0.15) is 5.65 Å². The van der Waals surface area contributed by atoms with E-state index in [1.165, 1.54) is 11.3 Å². The highest BCUT2D eigenvalue weighted by Crippen LogP contribution is 2.34. The van der Waals surface area contributed by atoms with E-state index in [2.05, 4.69) is 32.7 Å². The second-order valence-corrected chi connectivity index (χ2v) is 11.4. The Bertz CT molecular complexity index is 1880. The van der Waals surface area contributed by atoms with Crippen LogP contribution in [0.15, 0.2) is 103 Å². The lowest BCUT2D eigenvalue weighted by molar-refractivity contribution is 0.103. The number of thiophene rings is 1. The van der Waals surface area contributed by atoms with E-state index >= 15 is 0 Å². The van der Waals surface area contributed by atoms with Crippen LogP contribution in [-0.4, -0.2) is 49.6 Å². The molecule has 214 valence electrons. The predicted molar refractivity (Wildman–Crippen MR) is 171 cm³/mol. The van der Waals surface area contributed by atoms with E-state index in [1.807, 2.05) is 82.7 Å². The molecule has 10 heteroatoms. The first-order valence-corrected chi connectivity index (χ1v) is 15.0. The molecule has 1 saturated heterocycles. The van der Waals surface area contributed by atoms with Crippen molar-refractivity contribution in [2.24, 2.45) is 0 Å². The molecular formula is C33H29N7O2S. The third-order valence-corrected chi connectivity index (χ3v) is 8.39. The van der Waals surface area contributed by atoms with Gasteiger partial charge in [-0.05, 0) is 78.9 Å². The zero-order valence-corrected chi connectivity index (χ0v) is 24.0. The number of nitrogens with one attached hydrogen (secondary N) is 2. The van der Waals surface area contributed by atoms with Gasteiger partial charge in [0, 0.05) is 48.1 Å². The monoisotopic (exact) mass is 587 g/mol. The van der Waals surface area contributed by atoms with Crippen LogP contribution in [0.1, 0.15) is 22.5 Å². The van der Waals surface area contributed by atoms with E-state index in [-0.39, 0.29) is 12.0 Å². The lowest BCUT2D eigenvalue weighted by Gasteiger charge is -2.31. The van der Waals surface area contributed by atoms with Crippen molar-refractivity contribution in [3.05, 3.63) is 108 Å². The molecule has 43 heavy (non-hydrogen) atoms. The molecule has 4 aromatic heterocycles. The summed E-state index contributed by atoms with van der Waals surface area (Å²) >= 11 is 1.40. The van der Waals surface area contributed by atoms with Gasteiger partial charge in [0.15, 0.2) is 0 Å². The number of rotatable bonds is 7. The summed E-state index contributed by atoms with van der Waals surface area (Å²) in [7, 11) is 0. The molecule has 5 heterocycles. The highest BCUT2D eigenvalue weighted by atomic mass is 32.1. The largest absolute Gasteiger partial charge is 0.393 e. The summed E-state index contributed by atoms with van der Waals surface area (Å²) in [4.78, 5) is 30.0. The van der Waals surface area contributed by atoms with Gasteiger partial charge in [0.05, 0.1) is 28.1 Å². The molecule has 0 bridgehead atoms. The summed E-state index contributed by atoms with van der Waals surface area (Å²) in [5.41, 5.74) is 6.63. The number of aliphatic hydroxyl groups is 1. The van der Waals surface area contributed by atoms with Gasteiger partial charge >= 0.3 is 0 Å². The van der Waals surface area contributed by atoms with Crippen LogP contribution in [0, 0.1) is 0 Å². The standard InChI is InChI=1S/C33H29N7O2S/c41-26-14-18-39(19-15-26)25-11-9-23(10-12-25)36-33-34-16-13-27(37-33)31-30(38-29-8-1-2-17-40(29)31)22-5-3-6-24(21-22)35-32(42)28-7-4-20-43-28/h1-13,16-17,20-21,26,41H,14-15,18-19H2,(H,35,42)(H,34,36,37). The van der Waals surface area contributed by atoms with Crippen molar-refractivity contribution in [3.63, 3.8) is 0 Å². The molecule has 9 nitrogen and oxygen atoms in total. The average Bonchev–Trinajstić information content (AvgIpc) is 3.71. The third-order valence-electron chi connectivity index (χ3n) is 7.52. The maximum absolute atomic E-state index is 12.7. The number of carbonyl (C=O) groups is 1. The van der Waals surface area contributed by atoms with Crippen molar-refractivity contribution in [2.75, 3.05) is 28.6 Å². The number of pyridine rings is 1. The van der Waals surface area contributed by atoms with E-state index in [0.29, 0.717) is 22.2 Å². The Labute approximate surface area is 252 Å². The molecule has 6 aromatic rings. The van der Waals surface area contributed by atoms with Crippen LogP contribution >= 0.6 is 11.3 Å². The van der Waals surface area contributed by atoms with Crippen LogP contribution in [0.4, 0.5) is 23.0 Å². The van der Waals surface area contributed by atoms with Crippen LogP contribution in [0.5, 0.6) is 0 Å². The van der Waals surface area contributed by atoms with E-state index < -0.39 is 0 Å². The molecule has 7 rings (SSSR count). The van der Waals surface area contributed by atoms with Crippen LogP contribution in [0.3, 0.4) is 0 Å². The number of carbonyl (C=O) groups excluding carboxylic acids is 1. The van der Waals surface area contributed by atoms with Crippen molar-refractivity contribution in [1.29, 1.82) is 0 Å². The molecule has 1 aliphatic heterocycles. The third kappa shape index (κ3) is 5.70.